The molecule has 1 unspecified atom stereocenters. The van der Waals surface area contributed by atoms with Crippen LogP contribution in [0.3, 0.4) is 0 Å². The van der Waals surface area contributed by atoms with Gasteiger partial charge in [-0.15, -0.1) is 0 Å². The first-order valence-corrected chi connectivity index (χ1v) is 8.31. The summed E-state index contributed by atoms with van der Waals surface area (Å²) in [5.74, 6) is -4.35. The Labute approximate surface area is 151 Å². The Morgan fingerprint density at radius 1 is 1.15 bits per heavy atom. The van der Waals surface area contributed by atoms with Crippen molar-refractivity contribution in [2.24, 2.45) is 5.92 Å². The standard InChI is InChI=1S/C19H22O7/c1-4-23-18(22)24-12-8-11-14(13-9-6-5-7-10-13)15-16(20)25-19(2,3)26-17(15)21/h5-11,14-15H,4,12H2,1-3H3/b11-8+. The molecule has 0 saturated carbocycles. The summed E-state index contributed by atoms with van der Waals surface area (Å²) in [6.45, 7) is 4.83. The van der Waals surface area contributed by atoms with Crippen LogP contribution in [0.5, 0.6) is 0 Å². The van der Waals surface area contributed by atoms with Crippen LogP contribution in [0, 0.1) is 5.92 Å². The van der Waals surface area contributed by atoms with Gasteiger partial charge in [-0.05, 0) is 12.5 Å². The minimum Gasteiger partial charge on any atom is -0.435 e. The second-order valence-electron chi connectivity index (χ2n) is 6.08. The third kappa shape index (κ3) is 5.08. The SMILES string of the molecule is CCOC(=O)OC/C=C/C(c1ccccc1)C1C(=O)OC(C)(C)OC1=O. The number of hydrogen-bond donors (Lipinski definition) is 0. The number of rotatable bonds is 6. The van der Waals surface area contributed by atoms with Crippen molar-refractivity contribution in [2.45, 2.75) is 32.5 Å². The molecule has 0 spiro atoms. The minimum absolute atomic E-state index is 0.0511. The Bertz CT molecular complexity index is 658. The van der Waals surface area contributed by atoms with Crippen molar-refractivity contribution in [3.05, 3.63) is 48.0 Å². The largest absolute Gasteiger partial charge is 0.508 e. The molecule has 0 N–H and O–H groups in total. The number of allylic oxidation sites excluding steroid dienone is 1. The van der Waals surface area contributed by atoms with Crippen molar-refractivity contribution < 1.29 is 33.3 Å². The monoisotopic (exact) mass is 362 g/mol. The molecule has 1 aromatic carbocycles. The summed E-state index contributed by atoms with van der Waals surface area (Å²) in [5, 5.41) is 0. The van der Waals surface area contributed by atoms with Crippen LogP contribution in [-0.4, -0.2) is 37.1 Å². The summed E-state index contributed by atoms with van der Waals surface area (Å²) in [7, 11) is 0. The number of hydrogen-bond acceptors (Lipinski definition) is 7. The van der Waals surface area contributed by atoms with E-state index < -0.39 is 35.7 Å². The van der Waals surface area contributed by atoms with Gasteiger partial charge in [-0.3, -0.25) is 9.59 Å². The van der Waals surface area contributed by atoms with E-state index in [9.17, 15) is 14.4 Å². The summed E-state index contributed by atoms with van der Waals surface area (Å²) in [4.78, 5) is 36.0. The van der Waals surface area contributed by atoms with Crippen LogP contribution >= 0.6 is 0 Å². The zero-order valence-corrected chi connectivity index (χ0v) is 15.0. The normalized spacial score (nSPS) is 18.1. The summed E-state index contributed by atoms with van der Waals surface area (Å²) in [6.07, 6.45) is 2.39. The summed E-state index contributed by atoms with van der Waals surface area (Å²) >= 11 is 0. The Kier molecular flexibility index (Phi) is 6.38. The Morgan fingerprint density at radius 2 is 1.77 bits per heavy atom. The first-order chi connectivity index (χ1) is 12.3. The van der Waals surface area contributed by atoms with Gasteiger partial charge in [0, 0.05) is 19.8 Å². The molecule has 1 aliphatic rings. The zero-order chi connectivity index (χ0) is 19.2. The first kappa shape index (κ1) is 19.5. The van der Waals surface area contributed by atoms with Crippen LogP contribution in [-0.2, 0) is 28.5 Å². The average Bonchev–Trinajstić information content (AvgIpc) is 2.56. The van der Waals surface area contributed by atoms with E-state index in [0.29, 0.717) is 0 Å². The van der Waals surface area contributed by atoms with E-state index in [0.717, 1.165) is 5.56 Å². The van der Waals surface area contributed by atoms with Gasteiger partial charge in [0.1, 0.15) is 6.61 Å². The molecule has 0 aliphatic carbocycles. The summed E-state index contributed by atoms with van der Waals surface area (Å²) in [5.41, 5.74) is 0.735. The molecule has 1 fully saturated rings. The van der Waals surface area contributed by atoms with Gasteiger partial charge in [-0.1, -0.05) is 42.5 Å². The predicted octanol–water partition coefficient (Wildman–Crippen LogP) is 2.95. The van der Waals surface area contributed by atoms with E-state index in [1.165, 1.54) is 13.8 Å². The first-order valence-electron chi connectivity index (χ1n) is 8.31. The topological polar surface area (TPSA) is 88.1 Å². The molecule has 140 valence electrons. The number of cyclic esters (lactones) is 2. The Hall–Kier alpha value is -2.83. The fourth-order valence-corrected chi connectivity index (χ4v) is 2.59. The van der Waals surface area contributed by atoms with E-state index in [1.54, 1.807) is 43.3 Å². The van der Waals surface area contributed by atoms with Gasteiger partial charge in [-0.2, -0.15) is 0 Å². The zero-order valence-electron chi connectivity index (χ0n) is 15.0. The molecular weight excluding hydrogens is 340 g/mol. The fourth-order valence-electron chi connectivity index (χ4n) is 2.59. The van der Waals surface area contributed by atoms with E-state index in [-0.39, 0.29) is 13.2 Å². The highest BCUT2D eigenvalue weighted by Gasteiger charge is 2.46. The van der Waals surface area contributed by atoms with Crippen molar-refractivity contribution in [1.82, 2.24) is 0 Å². The quantitative estimate of drug-likeness (QED) is 0.437. The van der Waals surface area contributed by atoms with Gasteiger partial charge in [0.05, 0.1) is 6.61 Å². The molecular formula is C19H22O7. The fraction of sp³-hybridized carbons (Fsp3) is 0.421. The maximum absolute atomic E-state index is 12.4. The molecule has 26 heavy (non-hydrogen) atoms. The van der Waals surface area contributed by atoms with Gasteiger partial charge >= 0.3 is 18.1 Å². The number of esters is 2. The number of benzene rings is 1. The van der Waals surface area contributed by atoms with Crippen LogP contribution < -0.4 is 0 Å². The van der Waals surface area contributed by atoms with Crippen LogP contribution in [0.25, 0.3) is 0 Å². The predicted molar refractivity (Wildman–Crippen MR) is 91.1 cm³/mol. The van der Waals surface area contributed by atoms with Crippen molar-refractivity contribution in [2.75, 3.05) is 13.2 Å². The number of carbonyl (C=O) groups excluding carboxylic acids is 3. The molecule has 0 radical (unpaired) electrons. The molecule has 0 amide bonds. The van der Waals surface area contributed by atoms with Gasteiger partial charge in [0.2, 0.25) is 0 Å². The van der Waals surface area contributed by atoms with Gasteiger partial charge in [0.15, 0.2) is 5.92 Å². The lowest BCUT2D eigenvalue weighted by atomic mass is 9.85. The van der Waals surface area contributed by atoms with E-state index in [2.05, 4.69) is 4.74 Å². The average molecular weight is 362 g/mol. The summed E-state index contributed by atoms with van der Waals surface area (Å²) in [6, 6.07) is 9.02. The molecule has 1 heterocycles. The number of carbonyl (C=O) groups is 3. The van der Waals surface area contributed by atoms with Crippen LogP contribution in [0.1, 0.15) is 32.3 Å². The molecule has 1 aromatic rings. The maximum Gasteiger partial charge on any atom is 0.508 e. The third-order valence-corrected chi connectivity index (χ3v) is 3.65. The molecule has 2 rings (SSSR count). The van der Waals surface area contributed by atoms with Crippen LogP contribution in [0.2, 0.25) is 0 Å². The Morgan fingerprint density at radius 3 is 2.35 bits per heavy atom. The summed E-state index contributed by atoms with van der Waals surface area (Å²) < 4.78 is 20.0. The molecule has 1 saturated heterocycles. The highest BCUT2D eigenvalue weighted by molar-refractivity contribution is 5.98. The van der Waals surface area contributed by atoms with E-state index in [4.69, 9.17) is 14.2 Å². The highest BCUT2D eigenvalue weighted by Crippen LogP contribution is 2.34. The maximum atomic E-state index is 12.4. The van der Waals surface area contributed by atoms with Gasteiger partial charge in [0.25, 0.3) is 5.79 Å². The lowest BCUT2D eigenvalue weighted by Gasteiger charge is -2.35. The molecule has 0 bridgehead atoms. The van der Waals surface area contributed by atoms with Crippen molar-refractivity contribution >= 4 is 18.1 Å². The minimum atomic E-state index is -1.29. The second kappa shape index (κ2) is 8.51. The van der Waals surface area contributed by atoms with E-state index >= 15 is 0 Å². The van der Waals surface area contributed by atoms with Crippen LogP contribution in [0.15, 0.2) is 42.5 Å². The highest BCUT2D eigenvalue weighted by atomic mass is 16.7. The lowest BCUT2D eigenvalue weighted by molar-refractivity contribution is -0.240. The van der Waals surface area contributed by atoms with Crippen molar-refractivity contribution in [3.8, 4) is 0 Å². The number of ether oxygens (including phenoxy) is 4. The molecule has 0 aromatic heterocycles. The van der Waals surface area contributed by atoms with E-state index in [1.807, 2.05) is 6.07 Å². The lowest BCUT2D eigenvalue weighted by Crippen LogP contribution is -2.48. The second-order valence-corrected chi connectivity index (χ2v) is 6.08. The van der Waals surface area contributed by atoms with Gasteiger partial charge in [-0.25, -0.2) is 4.79 Å². The molecule has 7 nitrogen and oxygen atoms in total. The smallest absolute Gasteiger partial charge is 0.435 e. The van der Waals surface area contributed by atoms with Crippen molar-refractivity contribution in [1.29, 1.82) is 0 Å². The van der Waals surface area contributed by atoms with Crippen molar-refractivity contribution in [3.63, 3.8) is 0 Å². The Balaban J connectivity index is 2.18. The molecule has 1 atom stereocenters. The van der Waals surface area contributed by atoms with Crippen LogP contribution in [0.4, 0.5) is 4.79 Å². The molecule has 7 heteroatoms. The third-order valence-electron chi connectivity index (χ3n) is 3.65. The van der Waals surface area contributed by atoms with Gasteiger partial charge < -0.3 is 18.9 Å². The molecule has 1 aliphatic heterocycles.